The van der Waals surface area contributed by atoms with Crippen LogP contribution in [0.4, 0.5) is 0 Å². The Balaban J connectivity index is 4.40. The zero-order valence-electron chi connectivity index (χ0n) is 8.02. The minimum atomic E-state index is -1.98. The van der Waals surface area contributed by atoms with Crippen molar-refractivity contribution >= 4 is 8.32 Å². The van der Waals surface area contributed by atoms with Gasteiger partial charge in [-0.05, 0) is 17.1 Å². The lowest BCUT2D eigenvalue weighted by atomic mass is 10.2. The summed E-state index contributed by atoms with van der Waals surface area (Å²) >= 11 is 0. The maximum absolute atomic E-state index is 10.1. The number of hydrogen-bond donors (Lipinski definition) is 1. The molecule has 0 bridgehead atoms. The molecule has 0 aliphatic heterocycles. The first-order chi connectivity index (χ1) is 4.19. The van der Waals surface area contributed by atoms with Gasteiger partial charge in [0.2, 0.25) is 0 Å². The van der Waals surface area contributed by atoms with Gasteiger partial charge in [-0.2, -0.15) is 0 Å². The fourth-order valence-electron chi connectivity index (χ4n) is 0.866. The lowest BCUT2D eigenvalue weighted by Gasteiger charge is -2.37. The van der Waals surface area contributed by atoms with Gasteiger partial charge in [-0.3, -0.25) is 0 Å². The molecule has 1 unspecified atom stereocenters. The molecule has 0 aromatic rings. The van der Waals surface area contributed by atoms with Gasteiger partial charge in [-0.1, -0.05) is 34.6 Å². The molecule has 0 radical (unpaired) electrons. The summed E-state index contributed by atoms with van der Waals surface area (Å²) in [7, 11) is -1.98. The molecular formula is C8H20OSi. The number of rotatable bonds is 1. The maximum atomic E-state index is 10.1. The van der Waals surface area contributed by atoms with Crippen LogP contribution in [-0.2, 0) is 0 Å². The first kappa shape index (κ1) is 10.2. The van der Waals surface area contributed by atoms with Crippen LogP contribution in [0.1, 0.15) is 34.6 Å². The first-order valence-electron chi connectivity index (χ1n) is 3.92. The van der Waals surface area contributed by atoms with Gasteiger partial charge >= 0.3 is 0 Å². The van der Waals surface area contributed by atoms with Gasteiger partial charge in [-0.15, -0.1) is 0 Å². The molecule has 0 saturated carbocycles. The quantitative estimate of drug-likeness (QED) is 0.585. The molecule has 10 heavy (non-hydrogen) atoms. The van der Waals surface area contributed by atoms with Crippen LogP contribution in [0.15, 0.2) is 0 Å². The molecule has 0 aliphatic carbocycles. The summed E-state index contributed by atoms with van der Waals surface area (Å²) in [6, 6.07) is 0. The summed E-state index contributed by atoms with van der Waals surface area (Å²) < 4.78 is 0. The van der Waals surface area contributed by atoms with Crippen molar-refractivity contribution in [1.29, 1.82) is 0 Å². The molecule has 1 nitrogen and oxygen atoms in total. The molecular weight excluding hydrogens is 140 g/mol. The van der Waals surface area contributed by atoms with E-state index in [0.29, 0.717) is 5.54 Å². The van der Waals surface area contributed by atoms with E-state index in [1.165, 1.54) is 0 Å². The van der Waals surface area contributed by atoms with Crippen LogP contribution in [0.3, 0.4) is 0 Å². The minimum absolute atomic E-state index is 0.112. The molecule has 0 amide bonds. The van der Waals surface area contributed by atoms with Crippen molar-refractivity contribution < 1.29 is 4.80 Å². The van der Waals surface area contributed by atoms with Crippen molar-refractivity contribution in [3.8, 4) is 0 Å². The topological polar surface area (TPSA) is 20.2 Å². The Hall–Kier alpha value is 0.177. The molecule has 2 heteroatoms. The Labute approximate surface area is 65.6 Å². The summed E-state index contributed by atoms with van der Waals surface area (Å²) in [5, 5.41) is 0.112. The highest BCUT2D eigenvalue weighted by Crippen LogP contribution is 2.40. The molecule has 0 rings (SSSR count). The predicted octanol–water partition coefficient (Wildman–Crippen LogP) is 2.76. The zero-order valence-corrected chi connectivity index (χ0v) is 9.02. The van der Waals surface area contributed by atoms with E-state index in [-0.39, 0.29) is 5.04 Å². The summed E-state index contributed by atoms with van der Waals surface area (Å²) in [5.74, 6) is 0. The predicted molar refractivity (Wildman–Crippen MR) is 48.6 cm³/mol. The average Bonchev–Trinajstić information content (AvgIpc) is 1.62. The SMILES string of the molecule is CC(C)[Si](C)(O)C(C)(C)C. The van der Waals surface area contributed by atoms with Crippen molar-refractivity contribution in [1.82, 2.24) is 0 Å². The van der Waals surface area contributed by atoms with E-state index in [1.807, 2.05) is 6.55 Å². The molecule has 0 aromatic carbocycles. The molecule has 1 atom stereocenters. The molecule has 0 heterocycles. The highest BCUT2D eigenvalue weighted by atomic mass is 28.4. The van der Waals surface area contributed by atoms with E-state index >= 15 is 0 Å². The molecule has 1 N–H and O–H groups in total. The lowest BCUT2D eigenvalue weighted by Crippen LogP contribution is -2.43. The van der Waals surface area contributed by atoms with Crippen LogP contribution in [-0.4, -0.2) is 13.1 Å². The second kappa shape index (κ2) is 2.66. The summed E-state index contributed by atoms with van der Waals surface area (Å²) in [6.45, 7) is 12.6. The largest absolute Gasteiger partial charge is 0.431 e. The third-order valence-corrected chi connectivity index (χ3v) is 7.93. The molecule has 0 saturated heterocycles. The van der Waals surface area contributed by atoms with E-state index in [0.717, 1.165) is 0 Å². The van der Waals surface area contributed by atoms with E-state index in [1.54, 1.807) is 0 Å². The van der Waals surface area contributed by atoms with E-state index in [9.17, 15) is 4.80 Å². The summed E-state index contributed by atoms with van der Waals surface area (Å²) in [4.78, 5) is 10.1. The monoisotopic (exact) mass is 160 g/mol. The van der Waals surface area contributed by atoms with Crippen molar-refractivity contribution in [3.05, 3.63) is 0 Å². The fourth-order valence-corrected chi connectivity index (χ4v) is 2.60. The van der Waals surface area contributed by atoms with Crippen LogP contribution in [0.5, 0.6) is 0 Å². The van der Waals surface area contributed by atoms with E-state index in [2.05, 4.69) is 34.6 Å². The van der Waals surface area contributed by atoms with Gasteiger partial charge in [0.15, 0.2) is 8.32 Å². The van der Waals surface area contributed by atoms with Crippen LogP contribution in [0.2, 0.25) is 17.1 Å². The van der Waals surface area contributed by atoms with Gasteiger partial charge < -0.3 is 4.80 Å². The minimum Gasteiger partial charge on any atom is -0.431 e. The van der Waals surface area contributed by atoms with Crippen molar-refractivity contribution in [3.63, 3.8) is 0 Å². The Bertz CT molecular complexity index is 111. The van der Waals surface area contributed by atoms with Crippen LogP contribution in [0, 0.1) is 0 Å². The standard InChI is InChI=1S/C8H20OSi/c1-7(2)10(6,9)8(3,4)5/h7,9H,1-6H3. The van der Waals surface area contributed by atoms with Crippen LogP contribution in [0.25, 0.3) is 0 Å². The Morgan fingerprint density at radius 3 is 1.50 bits per heavy atom. The molecule has 62 valence electrons. The van der Waals surface area contributed by atoms with Gasteiger partial charge in [0.1, 0.15) is 0 Å². The smallest absolute Gasteiger partial charge is 0.193 e. The summed E-state index contributed by atoms with van der Waals surface area (Å²) in [6.07, 6.45) is 0. The highest BCUT2D eigenvalue weighted by Gasteiger charge is 2.41. The van der Waals surface area contributed by atoms with Gasteiger partial charge in [0.05, 0.1) is 0 Å². The van der Waals surface area contributed by atoms with E-state index < -0.39 is 8.32 Å². The second-order valence-electron chi connectivity index (χ2n) is 4.55. The van der Waals surface area contributed by atoms with E-state index in [4.69, 9.17) is 0 Å². The van der Waals surface area contributed by atoms with Crippen molar-refractivity contribution in [2.24, 2.45) is 0 Å². The second-order valence-corrected chi connectivity index (χ2v) is 9.50. The Kier molecular flexibility index (Phi) is 2.71. The fraction of sp³-hybridized carbons (Fsp3) is 1.00. The van der Waals surface area contributed by atoms with Gasteiger partial charge in [0, 0.05) is 0 Å². The maximum Gasteiger partial charge on any atom is 0.193 e. The van der Waals surface area contributed by atoms with Crippen LogP contribution < -0.4 is 0 Å². The van der Waals surface area contributed by atoms with Crippen molar-refractivity contribution in [2.45, 2.75) is 51.7 Å². The van der Waals surface area contributed by atoms with Gasteiger partial charge in [-0.25, -0.2) is 0 Å². The van der Waals surface area contributed by atoms with Gasteiger partial charge in [0.25, 0.3) is 0 Å². The third kappa shape index (κ3) is 1.83. The Morgan fingerprint density at radius 2 is 1.50 bits per heavy atom. The lowest BCUT2D eigenvalue weighted by molar-refractivity contribution is 0.460. The molecule has 0 spiro atoms. The first-order valence-corrected chi connectivity index (χ1v) is 6.44. The molecule has 0 aliphatic rings. The molecule has 0 aromatic heterocycles. The normalized spacial score (nSPS) is 19.2. The van der Waals surface area contributed by atoms with Crippen molar-refractivity contribution in [2.75, 3.05) is 0 Å². The average molecular weight is 160 g/mol. The van der Waals surface area contributed by atoms with Crippen LogP contribution >= 0.6 is 0 Å². The zero-order chi connectivity index (χ0) is 8.58. The molecule has 0 fully saturated rings. The summed E-state index contributed by atoms with van der Waals surface area (Å²) in [5.41, 5.74) is 0.451. The number of hydrogen-bond acceptors (Lipinski definition) is 1. The third-order valence-electron chi connectivity index (χ3n) is 2.64. The Morgan fingerprint density at radius 1 is 1.20 bits per heavy atom. The highest BCUT2D eigenvalue weighted by molar-refractivity contribution is 6.75.